The average molecular weight is 503 g/mol. The van der Waals surface area contributed by atoms with Crippen molar-refractivity contribution in [1.29, 1.82) is 5.26 Å². The molecule has 0 unspecified atom stereocenters. The minimum Gasteiger partial charge on any atom is -0.387 e. The highest BCUT2D eigenvalue weighted by atomic mass is 35.5. The van der Waals surface area contributed by atoms with Crippen molar-refractivity contribution in [2.45, 2.75) is 40.4 Å². The highest BCUT2D eigenvalue weighted by Crippen LogP contribution is 2.38. The van der Waals surface area contributed by atoms with Crippen LogP contribution in [0.4, 0.5) is 0 Å². The second kappa shape index (κ2) is 8.70. The van der Waals surface area contributed by atoms with E-state index in [1.54, 1.807) is 6.92 Å². The first-order valence-electron chi connectivity index (χ1n) is 9.37. The molecule has 7 nitrogen and oxygen atoms in total. The van der Waals surface area contributed by atoms with Crippen molar-refractivity contribution < 1.29 is 21.9 Å². The summed E-state index contributed by atoms with van der Waals surface area (Å²) in [5.74, 6) is 0. The normalized spacial score (nSPS) is 22.4. The minimum atomic E-state index is -4.22. The van der Waals surface area contributed by atoms with Gasteiger partial charge >= 0.3 is 0 Å². The van der Waals surface area contributed by atoms with E-state index in [9.17, 15) is 21.9 Å². The summed E-state index contributed by atoms with van der Waals surface area (Å²) in [6.07, 6.45) is 0.548. The Hall–Kier alpha value is -1.67. The Morgan fingerprint density at radius 2 is 1.81 bits per heavy atom. The van der Waals surface area contributed by atoms with E-state index >= 15 is 0 Å². The van der Waals surface area contributed by atoms with Gasteiger partial charge in [0.2, 0.25) is 10.0 Å². The van der Waals surface area contributed by atoms with Crippen LogP contribution in [0, 0.1) is 11.3 Å². The van der Waals surface area contributed by atoms with Crippen molar-refractivity contribution in [1.82, 2.24) is 4.31 Å². The molecular formula is C20H20Cl2N2O5S2. The van der Waals surface area contributed by atoms with Crippen molar-refractivity contribution in [3.63, 3.8) is 0 Å². The van der Waals surface area contributed by atoms with Crippen LogP contribution in [0.2, 0.25) is 10.0 Å². The summed E-state index contributed by atoms with van der Waals surface area (Å²) in [5, 5.41) is 19.1. The zero-order chi connectivity index (χ0) is 23.0. The van der Waals surface area contributed by atoms with Crippen molar-refractivity contribution >= 4 is 43.1 Å². The molecule has 0 aromatic heterocycles. The SMILES string of the molecule is CCC[C@]1(O)CN(S(=O)(=O)c2ccc(C#N)cc2Cl)C[C@@H]1S(=O)(=O)c1ccc(Cl)cc1. The van der Waals surface area contributed by atoms with Gasteiger partial charge in [-0.1, -0.05) is 36.5 Å². The Balaban J connectivity index is 2.04. The van der Waals surface area contributed by atoms with Crippen LogP contribution >= 0.6 is 23.2 Å². The van der Waals surface area contributed by atoms with Crippen LogP contribution in [0.25, 0.3) is 0 Å². The molecule has 0 bridgehead atoms. The first kappa shape index (κ1) is 24.0. The van der Waals surface area contributed by atoms with Crippen LogP contribution in [0.1, 0.15) is 25.3 Å². The standard InChI is InChI=1S/C20H20Cl2N2O5S2/c1-2-9-20(25)13-24(31(28,29)18-8-3-14(11-23)10-17(18)22)12-19(20)30(26,27)16-6-4-15(21)5-7-16/h3-8,10,19,25H,2,9,12-13H2,1H3/t19-,20-/m0/s1. The Kier molecular flexibility index (Phi) is 6.73. The zero-order valence-corrected chi connectivity index (χ0v) is 19.6. The first-order valence-corrected chi connectivity index (χ1v) is 13.1. The van der Waals surface area contributed by atoms with Crippen LogP contribution in [0.15, 0.2) is 52.3 Å². The van der Waals surface area contributed by atoms with E-state index in [1.807, 2.05) is 6.07 Å². The monoisotopic (exact) mass is 502 g/mol. The summed E-state index contributed by atoms with van der Waals surface area (Å²) in [5.41, 5.74) is -1.59. The molecule has 2 aromatic rings. The molecule has 1 heterocycles. The van der Waals surface area contributed by atoms with Gasteiger partial charge in [0.05, 0.1) is 27.2 Å². The molecule has 3 rings (SSSR count). The van der Waals surface area contributed by atoms with E-state index in [1.165, 1.54) is 42.5 Å². The fraction of sp³-hybridized carbons (Fsp3) is 0.350. The summed E-state index contributed by atoms with van der Waals surface area (Å²) >= 11 is 11.9. The summed E-state index contributed by atoms with van der Waals surface area (Å²) < 4.78 is 54.0. The Morgan fingerprint density at radius 3 is 2.35 bits per heavy atom. The third-order valence-corrected chi connectivity index (χ3v) is 10.1. The predicted molar refractivity (Wildman–Crippen MR) is 117 cm³/mol. The first-order chi connectivity index (χ1) is 14.5. The highest BCUT2D eigenvalue weighted by molar-refractivity contribution is 7.92. The minimum absolute atomic E-state index is 0.0490. The van der Waals surface area contributed by atoms with Gasteiger partial charge in [0.25, 0.3) is 0 Å². The van der Waals surface area contributed by atoms with E-state index in [4.69, 9.17) is 28.5 Å². The number of β-amino-alcohol motifs (C(OH)–C–C–N with tert-alkyl or cyclic N) is 1. The van der Waals surface area contributed by atoms with Crippen molar-refractivity contribution in [3.05, 3.63) is 58.1 Å². The van der Waals surface area contributed by atoms with E-state index in [0.29, 0.717) is 11.4 Å². The lowest BCUT2D eigenvalue weighted by atomic mass is 9.97. The van der Waals surface area contributed by atoms with E-state index < -0.39 is 43.8 Å². The second-order valence-electron chi connectivity index (χ2n) is 7.40. The molecule has 1 fully saturated rings. The van der Waals surface area contributed by atoms with Gasteiger partial charge in [-0.2, -0.15) is 9.57 Å². The van der Waals surface area contributed by atoms with Gasteiger partial charge in [-0.3, -0.25) is 0 Å². The van der Waals surface area contributed by atoms with E-state index in [2.05, 4.69) is 0 Å². The molecule has 11 heteroatoms. The molecule has 2 aromatic carbocycles. The summed E-state index contributed by atoms with van der Waals surface area (Å²) in [4.78, 5) is -0.302. The van der Waals surface area contributed by atoms with Gasteiger partial charge in [-0.15, -0.1) is 0 Å². The molecule has 1 aliphatic heterocycles. The third kappa shape index (κ3) is 4.46. The largest absolute Gasteiger partial charge is 0.387 e. The number of nitriles is 1. The lowest BCUT2D eigenvalue weighted by Crippen LogP contribution is -2.46. The Morgan fingerprint density at radius 1 is 1.16 bits per heavy atom. The van der Waals surface area contributed by atoms with Gasteiger partial charge in [0.1, 0.15) is 10.1 Å². The van der Waals surface area contributed by atoms with Crippen molar-refractivity contribution in [2.75, 3.05) is 13.1 Å². The van der Waals surface area contributed by atoms with Gasteiger partial charge < -0.3 is 5.11 Å². The van der Waals surface area contributed by atoms with Gasteiger partial charge in [-0.05, 0) is 48.9 Å². The quantitative estimate of drug-likeness (QED) is 0.647. The number of aliphatic hydroxyl groups is 1. The smallest absolute Gasteiger partial charge is 0.244 e. The van der Waals surface area contributed by atoms with Crippen LogP contribution in [-0.4, -0.2) is 50.2 Å². The molecule has 31 heavy (non-hydrogen) atoms. The summed E-state index contributed by atoms with van der Waals surface area (Å²) in [7, 11) is -8.29. The summed E-state index contributed by atoms with van der Waals surface area (Å²) in [6, 6.07) is 11.1. The molecule has 166 valence electrons. The Bertz CT molecular complexity index is 1240. The number of hydrogen-bond donors (Lipinski definition) is 1. The topological polar surface area (TPSA) is 116 Å². The maximum absolute atomic E-state index is 13.3. The van der Waals surface area contributed by atoms with E-state index in [-0.39, 0.29) is 26.8 Å². The van der Waals surface area contributed by atoms with Crippen molar-refractivity contribution in [3.8, 4) is 6.07 Å². The molecule has 1 saturated heterocycles. The van der Waals surface area contributed by atoms with Crippen LogP contribution in [-0.2, 0) is 19.9 Å². The molecule has 1 aliphatic rings. The second-order valence-corrected chi connectivity index (χ2v) is 12.3. The predicted octanol–water partition coefficient (Wildman–Crippen LogP) is 3.24. The van der Waals surface area contributed by atoms with Gasteiger partial charge in [-0.25, -0.2) is 16.8 Å². The van der Waals surface area contributed by atoms with Gasteiger partial charge in [0, 0.05) is 18.1 Å². The lowest BCUT2D eigenvalue weighted by molar-refractivity contribution is 0.0489. The maximum atomic E-state index is 13.3. The molecular weight excluding hydrogens is 483 g/mol. The number of rotatable bonds is 6. The fourth-order valence-corrected chi connectivity index (χ4v) is 8.02. The number of sulfone groups is 1. The molecule has 0 spiro atoms. The zero-order valence-electron chi connectivity index (χ0n) is 16.5. The van der Waals surface area contributed by atoms with E-state index in [0.717, 1.165) is 4.31 Å². The molecule has 2 atom stereocenters. The molecule has 0 amide bonds. The lowest BCUT2D eigenvalue weighted by Gasteiger charge is -2.28. The fourth-order valence-electron chi connectivity index (χ4n) is 3.78. The Labute approximate surface area is 191 Å². The number of benzene rings is 2. The van der Waals surface area contributed by atoms with Crippen LogP contribution in [0.5, 0.6) is 0 Å². The van der Waals surface area contributed by atoms with Gasteiger partial charge in [0.15, 0.2) is 9.84 Å². The van der Waals surface area contributed by atoms with Crippen LogP contribution in [0.3, 0.4) is 0 Å². The molecule has 0 aliphatic carbocycles. The number of halogens is 2. The molecule has 0 saturated carbocycles. The molecule has 1 N–H and O–H groups in total. The molecule has 0 radical (unpaired) electrons. The number of nitrogens with zero attached hydrogens (tertiary/aromatic N) is 2. The average Bonchev–Trinajstić information content (AvgIpc) is 3.07. The third-order valence-electron chi connectivity index (χ3n) is 5.30. The summed E-state index contributed by atoms with van der Waals surface area (Å²) in [6.45, 7) is 0.954. The maximum Gasteiger partial charge on any atom is 0.244 e. The highest BCUT2D eigenvalue weighted by Gasteiger charge is 2.54. The number of sulfonamides is 1. The van der Waals surface area contributed by atoms with Crippen LogP contribution < -0.4 is 0 Å². The van der Waals surface area contributed by atoms with Crippen molar-refractivity contribution in [2.24, 2.45) is 0 Å². The number of hydrogen-bond acceptors (Lipinski definition) is 6.